The molecule has 1 heterocycles. The van der Waals surface area contributed by atoms with Gasteiger partial charge in [-0.2, -0.15) is 0 Å². The summed E-state index contributed by atoms with van der Waals surface area (Å²) in [5.41, 5.74) is 0.381. The second kappa shape index (κ2) is 6.39. The smallest absolute Gasteiger partial charge is 0.491 e. The molecule has 5 heteroatoms. The lowest BCUT2D eigenvalue weighted by atomic mass is 9.78. The Balaban J connectivity index is 1.81. The highest BCUT2D eigenvalue weighted by Gasteiger charge is 2.51. The molecule has 128 valence electrons. The zero-order valence-corrected chi connectivity index (χ0v) is 15.1. The van der Waals surface area contributed by atoms with Crippen molar-refractivity contribution in [3.05, 3.63) is 36.4 Å². The summed E-state index contributed by atoms with van der Waals surface area (Å²) in [5.74, 6) is 0.850. The predicted octanol–water partition coefficient (Wildman–Crippen LogP) is 3.16. The lowest BCUT2D eigenvalue weighted by Crippen LogP contribution is -2.41. The Morgan fingerprint density at radius 3 is 2.17 bits per heavy atom. The van der Waals surface area contributed by atoms with Crippen molar-refractivity contribution in [2.24, 2.45) is 0 Å². The third kappa shape index (κ3) is 3.29. The zero-order valence-electron chi connectivity index (χ0n) is 15.1. The summed E-state index contributed by atoms with van der Waals surface area (Å²) in [7, 11) is 1.33. The van der Waals surface area contributed by atoms with E-state index in [0.717, 1.165) is 22.0 Å². The number of rotatable bonds is 5. The van der Waals surface area contributed by atoms with Crippen molar-refractivity contribution in [2.75, 3.05) is 20.3 Å². The van der Waals surface area contributed by atoms with Gasteiger partial charge in [-0.05, 0) is 56.1 Å². The first-order valence-electron chi connectivity index (χ1n) is 8.33. The normalized spacial score (nSPS) is 19.0. The summed E-state index contributed by atoms with van der Waals surface area (Å²) in [5, 5.41) is 2.27. The van der Waals surface area contributed by atoms with Gasteiger partial charge in [-0.1, -0.05) is 24.3 Å². The highest BCUT2D eigenvalue weighted by molar-refractivity contribution is 6.62. The van der Waals surface area contributed by atoms with Crippen LogP contribution in [0.5, 0.6) is 5.75 Å². The van der Waals surface area contributed by atoms with Crippen molar-refractivity contribution >= 4 is 23.4 Å². The Hall–Kier alpha value is -1.56. The molecule has 0 bridgehead atoms. The molecule has 0 atom stereocenters. The van der Waals surface area contributed by atoms with Gasteiger partial charge in [-0.3, -0.25) is 0 Å². The van der Waals surface area contributed by atoms with Gasteiger partial charge in [-0.25, -0.2) is 0 Å². The lowest BCUT2D eigenvalue weighted by Gasteiger charge is -2.32. The molecule has 24 heavy (non-hydrogen) atoms. The third-order valence-electron chi connectivity index (χ3n) is 4.92. The molecule has 0 aromatic heterocycles. The summed E-state index contributed by atoms with van der Waals surface area (Å²) in [4.78, 5) is 0. The molecule has 1 aliphatic rings. The van der Waals surface area contributed by atoms with E-state index >= 15 is 0 Å². The van der Waals surface area contributed by atoms with E-state index in [1.165, 1.54) is 0 Å². The first-order chi connectivity index (χ1) is 11.3. The fraction of sp³-hybridized carbons (Fsp3) is 0.474. The topological polar surface area (TPSA) is 36.9 Å². The van der Waals surface area contributed by atoms with Crippen LogP contribution in [0.3, 0.4) is 0 Å². The molecule has 2 aromatic rings. The average molecular weight is 328 g/mol. The van der Waals surface area contributed by atoms with Crippen LogP contribution in [0.4, 0.5) is 0 Å². The molecule has 3 rings (SSSR count). The minimum absolute atomic E-state index is 0.328. The molecule has 0 aliphatic carbocycles. The number of hydrogen-bond acceptors (Lipinski definition) is 4. The van der Waals surface area contributed by atoms with Gasteiger partial charge in [0.2, 0.25) is 0 Å². The summed E-state index contributed by atoms with van der Waals surface area (Å²) in [6.07, 6.45) is 0. The summed E-state index contributed by atoms with van der Waals surface area (Å²) in [6, 6.07) is 12.3. The first-order valence-corrected chi connectivity index (χ1v) is 8.33. The van der Waals surface area contributed by atoms with Crippen molar-refractivity contribution < 1.29 is 18.8 Å². The highest BCUT2D eigenvalue weighted by atomic mass is 16.7. The summed E-state index contributed by atoms with van der Waals surface area (Å²) < 4.78 is 22.9. The molecule has 1 fully saturated rings. The maximum atomic E-state index is 6.13. The van der Waals surface area contributed by atoms with Gasteiger partial charge in [0.25, 0.3) is 0 Å². The van der Waals surface area contributed by atoms with Crippen LogP contribution in [0.25, 0.3) is 10.8 Å². The lowest BCUT2D eigenvalue weighted by molar-refractivity contribution is 0.00578. The van der Waals surface area contributed by atoms with E-state index in [4.69, 9.17) is 18.8 Å². The van der Waals surface area contributed by atoms with Crippen molar-refractivity contribution in [2.45, 2.75) is 38.9 Å². The van der Waals surface area contributed by atoms with Crippen LogP contribution < -0.4 is 10.2 Å². The van der Waals surface area contributed by atoms with Gasteiger partial charge in [0.05, 0.1) is 17.8 Å². The fourth-order valence-electron chi connectivity index (χ4n) is 2.70. The maximum Gasteiger partial charge on any atom is 0.494 e. The molecular weight excluding hydrogens is 303 g/mol. The molecule has 0 amide bonds. The Bertz CT molecular complexity index is 710. The van der Waals surface area contributed by atoms with Crippen LogP contribution in [0.15, 0.2) is 36.4 Å². The number of fused-ring (bicyclic) bond motifs is 1. The van der Waals surface area contributed by atoms with Crippen molar-refractivity contribution in [3.8, 4) is 5.75 Å². The minimum Gasteiger partial charge on any atom is -0.491 e. The van der Waals surface area contributed by atoms with E-state index < -0.39 is 0 Å². The Morgan fingerprint density at radius 2 is 1.50 bits per heavy atom. The molecule has 0 N–H and O–H groups in total. The average Bonchev–Trinajstić information content (AvgIpc) is 2.75. The van der Waals surface area contributed by atoms with Gasteiger partial charge in [-0.15, -0.1) is 0 Å². The number of ether oxygens (including phenoxy) is 2. The molecular formula is C19H25BO4. The van der Waals surface area contributed by atoms with Crippen LogP contribution in [0, 0.1) is 0 Å². The third-order valence-corrected chi connectivity index (χ3v) is 4.92. The van der Waals surface area contributed by atoms with E-state index in [0.29, 0.717) is 13.2 Å². The van der Waals surface area contributed by atoms with Crippen molar-refractivity contribution in [1.82, 2.24) is 0 Å². The maximum absolute atomic E-state index is 6.13. The van der Waals surface area contributed by atoms with E-state index in [1.807, 2.05) is 12.1 Å². The molecule has 0 radical (unpaired) electrons. The fourth-order valence-corrected chi connectivity index (χ4v) is 2.70. The Kier molecular flexibility index (Phi) is 4.60. The number of hydrogen-bond donors (Lipinski definition) is 0. The van der Waals surface area contributed by atoms with Gasteiger partial charge in [0, 0.05) is 7.11 Å². The van der Waals surface area contributed by atoms with E-state index in [9.17, 15) is 0 Å². The van der Waals surface area contributed by atoms with Crippen LogP contribution in [0.1, 0.15) is 27.7 Å². The van der Waals surface area contributed by atoms with Crippen LogP contribution in [-0.4, -0.2) is 38.6 Å². The molecule has 0 saturated carbocycles. The minimum atomic E-state index is -0.336. The largest absolute Gasteiger partial charge is 0.494 e. The quantitative estimate of drug-likeness (QED) is 0.624. The second-order valence-electron chi connectivity index (χ2n) is 7.20. The Morgan fingerprint density at radius 1 is 0.875 bits per heavy atom. The Labute approximate surface area is 144 Å². The standard InChI is InChI=1S/C19H25BO4/c1-18(2)19(3,4)24-20(23-18)16-8-6-15-13-17(22-11-10-21-5)9-7-14(15)12-16/h6-9,12-13H,10-11H2,1-5H3. The van der Waals surface area contributed by atoms with Crippen molar-refractivity contribution in [3.63, 3.8) is 0 Å². The van der Waals surface area contributed by atoms with Gasteiger partial charge >= 0.3 is 7.12 Å². The van der Waals surface area contributed by atoms with Crippen molar-refractivity contribution in [1.29, 1.82) is 0 Å². The van der Waals surface area contributed by atoms with Gasteiger partial charge < -0.3 is 18.8 Å². The number of benzene rings is 2. The molecule has 1 aliphatic heterocycles. The van der Waals surface area contributed by atoms with E-state index in [-0.39, 0.29) is 18.3 Å². The molecule has 4 nitrogen and oxygen atoms in total. The van der Waals surface area contributed by atoms with Crippen LogP contribution in [0.2, 0.25) is 0 Å². The van der Waals surface area contributed by atoms with E-state index in [1.54, 1.807) is 7.11 Å². The SMILES string of the molecule is COCCOc1ccc2cc(B3OC(C)(C)C(C)(C)O3)ccc2c1. The first kappa shape index (κ1) is 17.3. The molecule has 0 unspecified atom stereocenters. The van der Waals surface area contributed by atoms with Gasteiger partial charge in [0.15, 0.2) is 0 Å². The second-order valence-corrected chi connectivity index (χ2v) is 7.20. The summed E-state index contributed by atoms with van der Waals surface area (Å²) in [6.45, 7) is 9.40. The zero-order chi connectivity index (χ0) is 17.4. The molecule has 1 saturated heterocycles. The summed E-state index contributed by atoms with van der Waals surface area (Å²) >= 11 is 0. The molecule has 2 aromatic carbocycles. The molecule has 0 spiro atoms. The van der Waals surface area contributed by atoms with Crippen LogP contribution >= 0.6 is 0 Å². The monoisotopic (exact) mass is 328 g/mol. The van der Waals surface area contributed by atoms with E-state index in [2.05, 4.69) is 52.0 Å². The predicted molar refractivity (Wildman–Crippen MR) is 97.0 cm³/mol. The highest BCUT2D eigenvalue weighted by Crippen LogP contribution is 2.36. The van der Waals surface area contributed by atoms with Crippen LogP contribution in [-0.2, 0) is 14.0 Å². The van der Waals surface area contributed by atoms with Gasteiger partial charge in [0.1, 0.15) is 12.4 Å². The number of methoxy groups -OCH3 is 1.